The van der Waals surface area contributed by atoms with E-state index in [1.165, 1.54) is 106 Å². The van der Waals surface area contributed by atoms with E-state index in [2.05, 4.69) is 46.9 Å². The molecule has 0 spiro atoms. The number of benzene rings is 10. The number of carboxylic acids is 2. The molecular weight excluding hydrogens is 1720 g/mol. The molecule has 10 aromatic carbocycles. The molecule has 0 unspecified atom stereocenters. The van der Waals surface area contributed by atoms with Gasteiger partial charge in [0.1, 0.15) is 84.5 Å². The number of carbonyl (C=O) groups excluding carboxylic acids is 3. The molecule has 0 aliphatic rings. The third kappa shape index (κ3) is 22.2. The van der Waals surface area contributed by atoms with Crippen LogP contribution in [-0.4, -0.2) is 116 Å². The van der Waals surface area contributed by atoms with E-state index in [4.69, 9.17) is 33.5 Å². The van der Waals surface area contributed by atoms with Gasteiger partial charge in [-0.25, -0.2) is 45.9 Å². The van der Waals surface area contributed by atoms with E-state index in [0.29, 0.717) is 87.1 Å². The molecule has 15 aromatic rings. The van der Waals surface area contributed by atoms with Crippen LogP contribution in [0, 0.1) is 74.4 Å². The molecule has 0 aliphatic heterocycles. The maximum atomic E-state index is 13.1. The number of pyridine rings is 5. The number of rotatable bonds is 21. The summed E-state index contributed by atoms with van der Waals surface area (Å²) in [6.07, 6.45) is 10.7. The van der Waals surface area contributed by atoms with Crippen LogP contribution in [-0.2, 0) is 46.3 Å². The first-order chi connectivity index (χ1) is 61.6. The number of hydrogen-bond acceptors (Lipinski definition) is 22. The summed E-state index contributed by atoms with van der Waals surface area (Å²) in [5, 5.41) is 79.1. The summed E-state index contributed by atoms with van der Waals surface area (Å²) >= 11 is 3.51. The zero-order valence-electron chi connectivity index (χ0n) is 68.9. The molecule has 0 amide bonds. The number of carboxylic acid groups (broad SMARTS) is 2. The number of aromatic nitrogens is 5. The molecular formula is C98H73BrF5N9O15. The van der Waals surface area contributed by atoms with Gasteiger partial charge >= 0.3 is 29.8 Å². The van der Waals surface area contributed by atoms with Crippen molar-refractivity contribution >= 4 is 100 Å². The summed E-state index contributed by atoms with van der Waals surface area (Å²) in [4.78, 5) is 80.4. The van der Waals surface area contributed by atoms with E-state index >= 15 is 0 Å². The number of esters is 3. The maximum absolute atomic E-state index is 13.1. The third-order valence-corrected chi connectivity index (χ3v) is 20.2. The Balaban J connectivity index is 0.000000155. The van der Waals surface area contributed by atoms with E-state index < -0.39 is 35.6 Å². The highest BCUT2D eigenvalue weighted by atomic mass is 79.9. The Morgan fingerprint density at radius 3 is 0.828 bits per heavy atom. The zero-order chi connectivity index (χ0) is 92.0. The van der Waals surface area contributed by atoms with Crippen molar-refractivity contribution in [2.45, 2.75) is 52.9 Å². The molecule has 0 radical (unpaired) electrons. The van der Waals surface area contributed by atoms with Gasteiger partial charge in [-0.15, -0.1) is 0 Å². The van der Waals surface area contributed by atoms with Crippen LogP contribution in [0.25, 0.3) is 54.5 Å². The van der Waals surface area contributed by atoms with E-state index in [1.54, 1.807) is 130 Å². The molecule has 30 heteroatoms. The van der Waals surface area contributed by atoms with Gasteiger partial charge in [0.05, 0.1) is 87.7 Å². The lowest BCUT2D eigenvalue weighted by Crippen LogP contribution is -2.08. The van der Waals surface area contributed by atoms with Crippen LogP contribution in [0.1, 0.15) is 150 Å². The number of phenolic OH excluding ortho intramolecular Hbond substituents is 1. The largest absolute Gasteiger partial charge is 0.505 e. The number of carbonyl (C=O) groups is 5. The number of halogens is 6. The van der Waals surface area contributed by atoms with Gasteiger partial charge in [0.15, 0.2) is 28.7 Å². The van der Waals surface area contributed by atoms with Gasteiger partial charge in [0.25, 0.3) is 0 Å². The van der Waals surface area contributed by atoms with Gasteiger partial charge in [-0.1, -0.05) is 76.6 Å². The molecule has 128 heavy (non-hydrogen) atoms. The van der Waals surface area contributed by atoms with Crippen molar-refractivity contribution in [3.63, 3.8) is 0 Å². The molecule has 0 aliphatic carbocycles. The Labute approximate surface area is 736 Å². The average molecular weight is 1790 g/mol. The second-order valence-corrected chi connectivity index (χ2v) is 28.9. The summed E-state index contributed by atoms with van der Waals surface area (Å²) in [5.74, 6) is -5.75. The van der Waals surface area contributed by atoms with E-state index in [0.717, 1.165) is 71.6 Å². The number of hydrogen-bond donors (Lipinski definition) is 4. The van der Waals surface area contributed by atoms with Gasteiger partial charge in [-0.05, 0) is 230 Å². The summed E-state index contributed by atoms with van der Waals surface area (Å²) in [7, 11) is 4.30. The minimum absolute atomic E-state index is 0.0642. The first-order valence-electron chi connectivity index (χ1n) is 38.9. The molecule has 0 fully saturated rings. The number of nitriles is 4. The van der Waals surface area contributed by atoms with Gasteiger partial charge in [-0.2, -0.15) is 21.0 Å². The highest BCUT2D eigenvalue weighted by Crippen LogP contribution is 2.39. The zero-order valence-corrected chi connectivity index (χ0v) is 70.5. The summed E-state index contributed by atoms with van der Waals surface area (Å²) in [5.41, 5.74) is 11.1. The predicted octanol–water partition coefficient (Wildman–Crippen LogP) is 19.4. The lowest BCUT2D eigenvalue weighted by molar-refractivity contribution is 0.0513. The number of aromatic carboxylic acids is 2. The van der Waals surface area contributed by atoms with Crippen molar-refractivity contribution in [3.05, 3.63) is 352 Å². The van der Waals surface area contributed by atoms with Crippen LogP contribution in [0.5, 0.6) is 28.7 Å². The average Bonchev–Trinajstić information content (AvgIpc) is 0.793. The van der Waals surface area contributed by atoms with Crippen molar-refractivity contribution < 1.29 is 94.8 Å². The molecule has 0 bridgehead atoms. The predicted molar refractivity (Wildman–Crippen MR) is 466 cm³/mol. The van der Waals surface area contributed by atoms with Crippen LogP contribution < -0.4 is 14.2 Å². The molecule has 0 saturated heterocycles. The molecule has 642 valence electrons. The SMILES string of the molecule is CCOC(=O)c1cc(Br)c2cc(Cc3ccc(F)cc3)cnc2c1OC.CCOC(=O)c1cc(C#N)c2cc(Cc3ccc(F)cc3)cnc2c1O.CCOC(=O)c1cc(C#N)c2cc(Cc3ccc(F)cc3)cnc2c1OC.COc1c(C(=O)O)cc(C#N)c2cc(Cc3ccc(F)cc3)cnc12.N#Cc1cc(C(=O)O)c(O)c2ncc(Cc3ccc(F)cc3)cc12. The van der Waals surface area contributed by atoms with Crippen molar-refractivity contribution in [1.29, 1.82) is 21.0 Å². The smallest absolute Gasteiger partial charge is 0.342 e. The first kappa shape index (κ1) is 92.4. The van der Waals surface area contributed by atoms with Crippen LogP contribution in [0.3, 0.4) is 0 Å². The summed E-state index contributed by atoms with van der Waals surface area (Å²) in [6, 6.07) is 54.7. The lowest BCUT2D eigenvalue weighted by atomic mass is 10.00. The molecule has 5 aromatic heterocycles. The fourth-order valence-electron chi connectivity index (χ4n) is 13.6. The standard InChI is InChI=1S/C21H17FN2O3.C20H17BrFNO3.C20H15FN2O3.C19H13FN2O3.C18H11FN2O3/c1-3-27-21(25)18-10-15(11-23)17-9-14(12-24-19(17)20(18)26-2)8-13-4-6-16(22)7-5-13;1-3-26-20(24)16-10-17(21)15-9-13(11-23-18(15)19(16)25-2)8-12-4-6-14(22)7-5-12;1-2-26-20(25)17-9-14(10-22)16-8-13(11-23-18(16)19(17)24)7-12-3-5-15(21)6-4-12;1-25-18-16(19(23)24)8-13(9-21)15-7-12(10-22-17(15)18)6-11-2-4-14(20)5-3-11;19-13-3-1-10(2-4-13)5-11-6-14-12(8-20)7-15(18(23)24)17(22)16(14)21-9-11/h4-7,9-10,12H,3,8H2,1-2H3;4-7,9-11H,3,8H2,1-2H3;3-6,8-9,11,24H,2,7H2,1H3;2-5,7-8,10H,6H2,1H3,(H,23,24);1-4,6-7,9,22H,5H2,(H,23,24). The van der Waals surface area contributed by atoms with Crippen molar-refractivity contribution in [1.82, 2.24) is 24.9 Å². The number of methoxy groups -OCH3 is 3. The highest BCUT2D eigenvalue weighted by Gasteiger charge is 2.26. The third-order valence-electron chi connectivity index (χ3n) is 19.6. The Morgan fingerprint density at radius 1 is 0.320 bits per heavy atom. The van der Waals surface area contributed by atoms with Crippen LogP contribution in [0.15, 0.2) is 217 Å². The van der Waals surface area contributed by atoms with Gasteiger partial charge in [0.2, 0.25) is 0 Å². The van der Waals surface area contributed by atoms with Crippen molar-refractivity contribution in [2.24, 2.45) is 0 Å². The second kappa shape index (κ2) is 42.7. The van der Waals surface area contributed by atoms with E-state index in [1.807, 2.05) is 30.3 Å². The van der Waals surface area contributed by atoms with Gasteiger partial charge in [-0.3, -0.25) is 24.9 Å². The van der Waals surface area contributed by atoms with Crippen LogP contribution >= 0.6 is 15.9 Å². The highest BCUT2D eigenvalue weighted by molar-refractivity contribution is 9.10. The molecule has 15 rings (SSSR count). The second-order valence-electron chi connectivity index (χ2n) is 28.0. The van der Waals surface area contributed by atoms with Gasteiger partial charge in [0, 0.05) is 62.4 Å². The molecule has 0 atom stereocenters. The normalized spacial score (nSPS) is 10.5. The Morgan fingerprint density at radius 2 is 0.547 bits per heavy atom. The molecule has 0 saturated carbocycles. The van der Waals surface area contributed by atoms with E-state index in [9.17, 15) is 82.3 Å². The van der Waals surface area contributed by atoms with Crippen molar-refractivity contribution in [3.8, 4) is 53.0 Å². The Hall–Kier alpha value is -16.3. The minimum atomic E-state index is -1.33. The fourth-order valence-corrected chi connectivity index (χ4v) is 14.1. The number of aromatic hydroxyl groups is 2. The number of nitrogens with zero attached hydrogens (tertiary/aromatic N) is 9. The lowest BCUT2D eigenvalue weighted by Gasteiger charge is -2.13. The summed E-state index contributed by atoms with van der Waals surface area (Å²) in [6.45, 7) is 5.76. The Kier molecular flexibility index (Phi) is 30.8. The number of phenols is 2. The molecule has 4 N–H and O–H groups in total. The van der Waals surface area contributed by atoms with Crippen molar-refractivity contribution in [2.75, 3.05) is 41.2 Å². The first-order valence-corrected chi connectivity index (χ1v) is 39.7. The quantitative estimate of drug-likeness (QED) is 0.0295. The molecule has 5 heterocycles. The number of fused-ring (bicyclic) bond motifs is 5. The fraction of sp³-hybridized carbons (Fsp3) is 0.143. The maximum Gasteiger partial charge on any atom is 0.342 e. The Bertz CT molecular complexity index is 6930. The monoisotopic (exact) mass is 1790 g/mol. The topological polar surface area (TPSA) is 381 Å². The molecule has 24 nitrogen and oxygen atoms in total. The van der Waals surface area contributed by atoms with Gasteiger partial charge < -0.3 is 48.8 Å². The summed E-state index contributed by atoms with van der Waals surface area (Å²) < 4.78 is 96.9. The van der Waals surface area contributed by atoms with Crippen LogP contribution in [0.4, 0.5) is 22.0 Å². The van der Waals surface area contributed by atoms with E-state index in [-0.39, 0.29) is 116 Å². The van der Waals surface area contributed by atoms with Crippen LogP contribution in [0.2, 0.25) is 0 Å². The minimum Gasteiger partial charge on any atom is -0.505 e. The number of ether oxygens (including phenoxy) is 6.